The molecule has 0 saturated carbocycles. The van der Waals surface area contributed by atoms with Crippen molar-refractivity contribution >= 4 is 30.0 Å². The van der Waals surface area contributed by atoms with Crippen molar-refractivity contribution in [1.82, 2.24) is 19.6 Å². The molecule has 1 unspecified atom stereocenters. The average Bonchev–Trinajstić information content (AvgIpc) is 2.82. The van der Waals surface area contributed by atoms with E-state index in [1.165, 1.54) is 6.92 Å². The van der Waals surface area contributed by atoms with E-state index in [0.717, 1.165) is 13.4 Å². The van der Waals surface area contributed by atoms with Crippen LogP contribution >= 0.6 is 0 Å². The highest BCUT2D eigenvalue weighted by Crippen LogP contribution is 2.08. The third-order valence-corrected chi connectivity index (χ3v) is 5.37. The van der Waals surface area contributed by atoms with Crippen molar-refractivity contribution in [1.29, 1.82) is 0 Å². The Labute approximate surface area is 213 Å². The first-order valence-corrected chi connectivity index (χ1v) is 12.1. The topological polar surface area (TPSA) is 179 Å². The Morgan fingerprint density at radius 2 is 1.00 bits per heavy atom. The molecule has 13 nitrogen and oxygen atoms in total. The van der Waals surface area contributed by atoms with Gasteiger partial charge in [0, 0.05) is 65.9 Å². The van der Waals surface area contributed by atoms with Crippen molar-refractivity contribution in [3.63, 3.8) is 0 Å². The normalized spacial score (nSPS) is 17.6. The predicted molar refractivity (Wildman–Crippen MR) is 133 cm³/mol. The summed E-state index contributed by atoms with van der Waals surface area (Å²) >= 11 is 0. The molecule has 1 aliphatic rings. The van der Waals surface area contributed by atoms with Crippen LogP contribution in [0.2, 0.25) is 0 Å². The molecule has 1 saturated heterocycles. The van der Waals surface area contributed by atoms with Gasteiger partial charge in [-0.2, -0.15) is 0 Å². The molecule has 0 bridgehead atoms. The van der Waals surface area contributed by atoms with E-state index >= 15 is 0 Å². The van der Waals surface area contributed by atoms with Crippen LogP contribution in [0.1, 0.15) is 33.6 Å². The smallest absolute Gasteiger partial charge is 0.317 e. The van der Waals surface area contributed by atoms with Gasteiger partial charge < -0.3 is 30.0 Å². The van der Waals surface area contributed by atoms with Crippen LogP contribution in [0.5, 0.6) is 0 Å². The molecule has 1 aliphatic heterocycles. The molecule has 0 aromatic carbocycles. The predicted octanol–water partition coefficient (Wildman–Crippen LogP) is -0.967. The van der Waals surface area contributed by atoms with Crippen molar-refractivity contribution in [3.05, 3.63) is 0 Å². The zero-order valence-corrected chi connectivity index (χ0v) is 22.0. The average molecular weight is 521 g/mol. The van der Waals surface area contributed by atoms with Crippen molar-refractivity contribution in [2.75, 3.05) is 79.1 Å². The molecule has 0 radical (unpaired) electrons. The summed E-state index contributed by atoms with van der Waals surface area (Å²) in [5, 5.41) is 34.6. The zero-order chi connectivity index (χ0) is 28.1. The number of aliphatic hydroxyl groups is 1. The Morgan fingerprint density at radius 1 is 0.694 bits per heavy atom. The van der Waals surface area contributed by atoms with Gasteiger partial charge in [-0.25, -0.2) is 0 Å². The first-order valence-electron chi connectivity index (χ1n) is 12.1. The quantitative estimate of drug-likeness (QED) is 0.245. The first-order chi connectivity index (χ1) is 17.1. The van der Waals surface area contributed by atoms with Crippen LogP contribution in [0.15, 0.2) is 0 Å². The molecular formula is C23H44N4O9. The van der Waals surface area contributed by atoms with Crippen LogP contribution in [0.4, 0.5) is 0 Å². The monoisotopic (exact) mass is 520 g/mol. The van der Waals surface area contributed by atoms with Crippen LogP contribution in [-0.4, -0.2) is 155 Å². The summed E-state index contributed by atoms with van der Waals surface area (Å²) < 4.78 is 0. The van der Waals surface area contributed by atoms with Gasteiger partial charge in [0.05, 0.1) is 25.7 Å². The summed E-state index contributed by atoms with van der Waals surface area (Å²) in [6.45, 7) is 7.38. The molecule has 0 amide bonds. The van der Waals surface area contributed by atoms with E-state index in [9.17, 15) is 34.2 Å². The number of carbonyl (C=O) groups excluding carboxylic acids is 2. The minimum atomic E-state index is -1.02. The second kappa shape index (κ2) is 21.8. The summed E-state index contributed by atoms with van der Waals surface area (Å²) in [6, 6.07) is -0.538. The number of hydrogen-bond donors (Lipinski definition) is 4. The summed E-state index contributed by atoms with van der Waals surface area (Å²) in [5.41, 5.74) is 0. The third-order valence-electron chi connectivity index (χ3n) is 5.37. The van der Waals surface area contributed by atoms with Gasteiger partial charge in [0.15, 0.2) is 0 Å². The molecule has 4 N–H and O–H groups in total. The second-order valence-corrected chi connectivity index (χ2v) is 7.99. The van der Waals surface area contributed by atoms with Crippen molar-refractivity contribution < 1.29 is 44.4 Å². The standard InChI is InChI=1S/C20H34N4O8.C2H6.CH4O/c1-16(26)2-3-17(15-25)24-10-8-22(13-19(29)30)6-4-21(12-18(27)28)5-7-23(9-11-24)14-20(31)32;2*1-2/h15,17H,2-14H2,1H3,(H,27,28)(H,29,30)(H,31,32);1-2H3;2H,1H3. The van der Waals surface area contributed by atoms with Crippen LogP contribution in [0.3, 0.4) is 0 Å². The van der Waals surface area contributed by atoms with E-state index < -0.39 is 23.9 Å². The van der Waals surface area contributed by atoms with Crippen LogP contribution in [0, 0.1) is 0 Å². The van der Waals surface area contributed by atoms with E-state index in [1.54, 1.807) is 14.7 Å². The number of ketones is 1. The van der Waals surface area contributed by atoms with Gasteiger partial charge in [0.1, 0.15) is 12.1 Å². The van der Waals surface area contributed by atoms with Gasteiger partial charge in [-0.05, 0) is 13.3 Å². The highest BCUT2D eigenvalue weighted by atomic mass is 16.4. The molecule has 0 aromatic heterocycles. The van der Waals surface area contributed by atoms with Crippen LogP contribution < -0.4 is 0 Å². The van der Waals surface area contributed by atoms with E-state index in [-0.39, 0.29) is 31.8 Å². The number of carbonyl (C=O) groups is 5. The van der Waals surface area contributed by atoms with Gasteiger partial charge in [0.25, 0.3) is 0 Å². The molecule has 210 valence electrons. The number of aliphatic hydroxyl groups excluding tert-OH is 1. The Balaban J connectivity index is 0. The maximum absolute atomic E-state index is 11.7. The summed E-state index contributed by atoms with van der Waals surface area (Å²) in [7, 11) is 1.00. The number of hydrogen-bond acceptors (Lipinski definition) is 10. The molecule has 0 aromatic rings. The zero-order valence-electron chi connectivity index (χ0n) is 22.0. The number of carboxylic acids is 3. The Hall–Kier alpha value is -2.45. The van der Waals surface area contributed by atoms with Gasteiger partial charge in [0.2, 0.25) is 0 Å². The lowest BCUT2D eigenvalue weighted by molar-refractivity contribution is -0.140. The summed E-state index contributed by atoms with van der Waals surface area (Å²) in [6.07, 6.45) is 1.34. The Bertz CT molecular complexity index is 631. The molecule has 36 heavy (non-hydrogen) atoms. The lowest BCUT2D eigenvalue weighted by Gasteiger charge is -2.35. The van der Waals surface area contributed by atoms with E-state index in [0.29, 0.717) is 58.8 Å². The molecule has 1 fully saturated rings. The second-order valence-electron chi connectivity index (χ2n) is 7.99. The molecule has 1 rings (SSSR count). The van der Waals surface area contributed by atoms with Crippen LogP contribution in [0.25, 0.3) is 0 Å². The van der Waals surface area contributed by atoms with Gasteiger partial charge in [-0.3, -0.25) is 34.0 Å². The van der Waals surface area contributed by atoms with Gasteiger partial charge >= 0.3 is 17.9 Å². The Morgan fingerprint density at radius 3 is 1.25 bits per heavy atom. The number of nitrogens with zero attached hydrogens (tertiary/aromatic N) is 4. The molecule has 0 spiro atoms. The lowest BCUT2D eigenvalue weighted by atomic mass is 10.1. The third kappa shape index (κ3) is 17.9. The van der Waals surface area contributed by atoms with Crippen LogP contribution in [-0.2, 0) is 24.0 Å². The fraction of sp³-hybridized carbons (Fsp3) is 0.783. The SMILES string of the molecule is CC.CC(=O)CCC(C=O)N1CCN(CC(=O)O)CCN(CC(=O)O)CCN(CC(=O)O)CC1.CO. The largest absolute Gasteiger partial charge is 0.480 e. The Kier molecular flexibility index (Phi) is 21.6. The first kappa shape index (κ1) is 35.7. The molecule has 13 heteroatoms. The number of rotatable bonds is 11. The molecule has 0 aliphatic carbocycles. The summed E-state index contributed by atoms with van der Waals surface area (Å²) in [4.78, 5) is 63.8. The molecule has 1 atom stereocenters. The highest BCUT2D eigenvalue weighted by molar-refractivity contribution is 5.76. The minimum absolute atomic E-state index is 0.0373. The molecular weight excluding hydrogens is 476 g/mol. The van der Waals surface area contributed by atoms with Crippen molar-refractivity contribution in [3.8, 4) is 0 Å². The van der Waals surface area contributed by atoms with Crippen molar-refractivity contribution in [2.45, 2.75) is 39.7 Å². The van der Waals surface area contributed by atoms with Gasteiger partial charge in [-0.1, -0.05) is 13.8 Å². The van der Waals surface area contributed by atoms with E-state index in [4.69, 9.17) is 10.2 Å². The lowest BCUT2D eigenvalue weighted by Crippen LogP contribution is -2.50. The van der Waals surface area contributed by atoms with E-state index in [2.05, 4.69) is 0 Å². The fourth-order valence-electron chi connectivity index (χ4n) is 3.62. The highest BCUT2D eigenvalue weighted by Gasteiger charge is 2.23. The fourth-order valence-corrected chi connectivity index (χ4v) is 3.62. The maximum atomic E-state index is 11.7. The molecule has 1 heterocycles. The van der Waals surface area contributed by atoms with Gasteiger partial charge in [-0.15, -0.1) is 0 Å². The number of aliphatic carboxylic acids is 3. The minimum Gasteiger partial charge on any atom is -0.480 e. The summed E-state index contributed by atoms with van der Waals surface area (Å²) in [5.74, 6) is -3.07. The van der Waals surface area contributed by atoms with E-state index in [1.807, 2.05) is 18.7 Å². The van der Waals surface area contributed by atoms with Crippen molar-refractivity contribution in [2.24, 2.45) is 0 Å². The maximum Gasteiger partial charge on any atom is 0.317 e. The number of carboxylic acid groups (broad SMARTS) is 3. The number of Topliss-reactive ketones (excluding diaryl/α,β-unsaturated/α-hetero) is 1. The number of aldehydes is 1.